The molecule has 0 aromatic heterocycles. The number of carbonyl (C=O) groups excluding carboxylic acids is 3. The van der Waals surface area contributed by atoms with Gasteiger partial charge in [-0.2, -0.15) is 0 Å². The topological polar surface area (TPSA) is 87.7 Å². The molecular weight excluding hydrogens is 406 g/mol. The molecule has 1 heterocycles. The van der Waals surface area contributed by atoms with Crippen molar-refractivity contribution in [1.29, 1.82) is 0 Å². The number of nitrogens with zero attached hydrogens (tertiary/aromatic N) is 1. The zero-order valence-electron chi connectivity index (χ0n) is 18.3. The fourth-order valence-corrected chi connectivity index (χ4v) is 4.33. The summed E-state index contributed by atoms with van der Waals surface area (Å²) in [7, 11) is 0. The Balaban J connectivity index is 1.32. The molecule has 0 atom stereocenters. The van der Waals surface area contributed by atoms with Gasteiger partial charge in [0.2, 0.25) is 5.91 Å². The molecule has 2 fully saturated rings. The van der Waals surface area contributed by atoms with E-state index in [0.717, 1.165) is 28.9 Å². The minimum Gasteiger partial charge on any atom is -0.489 e. The van der Waals surface area contributed by atoms with Crippen LogP contribution in [0.25, 0.3) is 0 Å². The van der Waals surface area contributed by atoms with E-state index in [1.165, 1.54) is 0 Å². The summed E-state index contributed by atoms with van der Waals surface area (Å²) in [6, 6.07) is 16.9. The number of amides is 4. The molecule has 2 aliphatic rings. The molecule has 7 heteroatoms. The van der Waals surface area contributed by atoms with Gasteiger partial charge in [-0.3, -0.25) is 14.5 Å². The van der Waals surface area contributed by atoms with Crippen LogP contribution in [0.3, 0.4) is 0 Å². The predicted octanol–water partition coefficient (Wildman–Crippen LogP) is 3.38. The van der Waals surface area contributed by atoms with E-state index in [1.807, 2.05) is 54.6 Å². The number of carbonyl (C=O) groups is 3. The second-order valence-corrected chi connectivity index (χ2v) is 8.74. The molecule has 168 valence electrons. The molecule has 4 amide bonds. The lowest BCUT2D eigenvalue weighted by Gasteiger charge is -2.33. The van der Waals surface area contributed by atoms with Gasteiger partial charge in [-0.1, -0.05) is 55.5 Å². The number of hydrogen-bond donors (Lipinski definition) is 2. The summed E-state index contributed by atoms with van der Waals surface area (Å²) in [5, 5.41) is 5.66. The quantitative estimate of drug-likeness (QED) is 0.653. The molecule has 2 aromatic carbocycles. The molecule has 7 nitrogen and oxygen atoms in total. The average Bonchev–Trinajstić information content (AvgIpc) is 3.03. The zero-order chi connectivity index (χ0) is 22.6. The van der Waals surface area contributed by atoms with Gasteiger partial charge in [0, 0.05) is 12.1 Å². The Labute approximate surface area is 188 Å². The van der Waals surface area contributed by atoms with Gasteiger partial charge in [-0.25, -0.2) is 4.79 Å². The SMILES string of the molecule is CC1CCC2(CC1)NC(=O)N(CC(=O)NCc1ccccc1OCc1ccccc1)C2=O. The Morgan fingerprint density at radius 3 is 2.53 bits per heavy atom. The van der Waals surface area contributed by atoms with Crippen LogP contribution in [0.1, 0.15) is 43.7 Å². The van der Waals surface area contributed by atoms with Crippen LogP contribution in [-0.2, 0) is 22.7 Å². The molecule has 1 spiro atoms. The van der Waals surface area contributed by atoms with Crippen molar-refractivity contribution in [3.63, 3.8) is 0 Å². The van der Waals surface area contributed by atoms with Crippen LogP contribution < -0.4 is 15.4 Å². The number of nitrogens with one attached hydrogen (secondary N) is 2. The normalized spacial score (nSPS) is 22.7. The van der Waals surface area contributed by atoms with E-state index in [9.17, 15) is 14.4 Å². The molecule has 4 rings (SSSR count). The first kappa shape index (κ1) is 21.9. The van der Waals surface area contributed by atoms with Crippen molar-refractivity contribution in [3.8, 4) is 5.75 Å². The molecule has 1 saturated carbocycles. The molecule has 1 aliphatic heterocycles. The lowest BCUT2D eigenvalue weighted by Crippen LogP contribution is -2.49. The summed E-state index contributed by atoms with van der Waals surface area (Å²) in [5.74, 6) is 0.567. The monoisotopic (exact) mass is 435 g/mol. The molecular formula is C25H29N3O4. The number of hydrogen-bond acceptors (Lipinski definition) is 4. The van der Waals surface area contributed by atoms with Gasteiger partial charge in [-0.05, 0) is 43.2 Å². The lowest BCUT2D eigenvalue weighted by molar-refractivity contribution is -0.136. The van der Waals surface area contributed by atoms with E-state index in [4.69, 9.17) is 4.74 Å². The van der Waals surface area contributed by atoms with E-state index in [0.29, 0.717) is 31.1 Å². The smallest absolute Gasteiger partial charge is 0.325 e. The van der Waals surface area contributed by atoms with Gasteiger partial charge in [0.25, 0.3) is 5.91 Å². The Hall–Kier alpha value is -3.35. The molecule has 0 radical (unpaired) electrons. The fraction of sp³-hybridized carbons (Fsp3) is 0.400. The highest BCUT2D eigenvalue weighted by Gasteiger charge is 2.52. The minimum atomic E-state index is -0.832. The summed E-state index contributed by atoms with van der Waals surface area (Å²) in [4.78, 5) is 38.9. The summed E-state index contributed by atoms with van der Waals surface area (Å²) in [5.41, 5.74) is 1.05. The summed E-state index contributed by atoms with van der Waals surface area (Å²) >= 11 is 0. The fourth-order valence-electron chi connectivity index (χ4n) is 4.33. The van der Waals surface area contributed by atoms with Crippen molar-refractivity contribution in [2.24, 2.45) is 5.92 Å². The Morgan fingerprint density at radius 2 is 1.78 bits per heavy atom. The van der Waals surface area contributed by atoms with Crippen LogP contribution in [0, 0.1) is 5.92 Å². The first-order valence-corrected chi connectivity index (χ1v) is 11.1. The first-order valence-electron chi connectivity index (χ1n) is 11.1. The van der Waals surface area contributed by atoms with E-state index in [1.54, 1.807) is 0 Å². The number of rotatable bonds is 7. The zero-order valence-corrected chi connectivity index (χ0v) is 18.3. The third kappa shape index (κ3) is 4.77. The summed E-state index contributed by atoms with van der Waals surface area (Å²) < 4.78 is 5.93. The maximum absolute atomic E-state index is 12.9. The summed E-state index contributed by atoms with van der Waals surface area (Å²) in [6.45, 7) is 2.54. The molecule has 2 N–H and O–H groups in total. The predicted molar refractivity (Wildman–Crippen MR) is 120 cm³/mol. The second kappa shape index (κ2) is 9.42. The van der Waals surface area contributed by atoms with Crippen LogP contribution in [0.5, 0.6) is 5.75 Å². The number of ether oxygens (including phenoxy) is 1. The third-order valence-electron chi connectivity index (χ3n) is 6.36. The molecule has 0 unspecified atom stereocenters. The van der Waals surface area contributed by atoms with Gasteiger partial charge in [0.05, 0.1) is 0 Å². The molecule has 1 aliphatic carbocycles. The molecule has 1 saturated heterocycles. The Kier molecular flexibility index (Phi) is 6.44. The van der Waals surface area contributed by atoms with Gasteiger partial charge < -0.3 is 15.4 Å². The van der Waals surface area contributed by atoms with E-state index in [-0.39, 0.29) is 24.9 Å². The Bertz CT molecular complexity index is 984. The molecule has 2 aromatic rings. The number of para-hydroxylation sites is 1. The standard InChI is InChI=1S/C25H29N3O4/c1-18-11-13-25(14-12-18)23(30)28(24(31)27-25)16-22(29)26-15-20-9-5-6-10-21(20)32-17-19-7-3-2-4-8-19/h2-10,18H,11-17H2,1H3,(H,26,29)(H,27,31). The lowest BCUT2D eigenvalue weighted by atomic mass is 9.77. The third-order valence-corrected chi connectivity index (χ3v) is 6.36. The van der Waals surface area contributed by atoms with Crippen LogP contribution >= 0.6 is 0 Å². The Morgan fingerprint density at radius 1 is 1.09 bits per heavy atom. The number of imide groups is 1. The maximum atomic E-state index is 12.9. The molecule has 0 bridgehead atoms. The maximum Gasteiger partial charge on any atom is 0.325 e. The number of urea groups is 1. The van der Waals surface area contributed by atoms with Crippen molar-refractivity contribution < 1.29 is 19.1 Å². The van der Waals surface area contributed by atoms with Crippen molar-refractivity contribution >= 4 is 17.8 Å². The summed E-state index contributed by atoms with van der Waals surface area (Å²) in [6.07, 6.45) is 3.05. The van der Waals surface area contributed by atoms with Gasteiger partial charge in [0.15, 0.2) is 0 Å². The molecule has 32 heavy (non-hydrogen) atoms. The largest absolute Gasteiger partial charge is 0.489 e. The van der Waals surface area contributed by atoms with Crippen molar-refractivity contribution in [3.05, 3.63) is 65.7 Å². The van der Waals surface area contributed by atoms with Crippen molar-refractivity contribution in [2.75, 3.05) is 6.54 Å². The average molecular weight is 436 g/mol. The highest BCUT2D eigenvalue weighted by atomic mass is 16.5. The minimum absolute atomic E-state index is 0.246. The van der Waals surface area contributed by atoms with Gasteiger partial charge >= 0.3 is 6.03 Å². The van der Waals surface area contributed by atoms with Gasteiger partial charge in [0.1, 0.15) is 24.4 Å². The number of benzene rings is 2. The van der Waals surface area contributed by atoms with Crippen molar-refractivity contribution in [1.82, 2.24) is 15.5 Å². The van der Waals surface area contributed by atoms with E-state index >= 15 is 0 Å². The second-order valence-electron chi connectivity index (χ2n) is 8.74. The first-order chi connectivity index (χ1) is 15.5. The van der Waals surface area contributed by atoms with Crippen LogP contribution in [0.2, 0.25) is 0 Å². The van der Waals surface area contributed by atoms with Crippen molar-refractivity contribution in [2.45, 2.75) is 51.3 Å². The highest BCUT2D eigenvalue weighted by Crippen LogP contribution is 2.36. The highest BCUT2D eigenvalue weighted by molar-refractivity contribution is 6.09. The van der Waals surface area contributed by atoms with E-state index in [2.05, 4.69) is 17.6 Å². The van der Waals surface area contributed by atoms with Gasteiger partial charge in [-0.15, -0.1) is 0 Å². The van der Waals surface area contributed by atoms with Crippen LogP contribution in [0.15, 0.2) is 54.6 Å². The van der Waals surface area contributed by atoms with Crippen LogP contribution in [-0.4, -0.2) is 34.8 Å². The van der Waals surface area contributed by atoms with E-state index < -0.39 is 11.6 Å². The van der Waals surface area contributed by atoms with Crippen LogP contribution in [0.4, 0.5) is 4.79 Å².